The maximum atomic E-state index is 12.4. The molecule has 0 aliphatic heterocycles. The maximum Gasteiger partial charge on any atom is 0.279 e. The van der Waals surface area contributed by atoms with Gasteiger partial charge in [-0.1, -0.05) is 19.1 Å². The Kier molecular flexibility index (Phi) is 4.79. The number of hydrogen-bond acceptors (Lipinski definition) is 4. The number of halogens is 1. The van der Waals surface area contributed by atoms with E-state index in [-0.39, 0.29) is 5.03 Å². The molecular weight excluding hydrogens is 344 g/mol. The summed E-state index contributed by atoms with van der Waals surface area (Å²) in [5.74, 6) is 0. The minimum absolute atomic E-state index is 0.0780. The number of para-hydroxylation sites is 1. The SMILES string of the molecule is CCNCc1cn[nH]c1S(=O)(=O)Nc1ccccc1Br. The molecule has 0 aliphatic carbocycles. The van der Waals surface area contributed by atoms with Crippen LogP contribution in [0.4, 0.5) is 5.69 Å². The summed E-state index contributed by atoms with van der Waals surface area (Å²) < 4.78 is 27.9. The largest absolute Gasteiger partial charge is 0.313 e. The van der Waals surface area contributed by atoms with Gasteiger partial charge in [0.05, 0.1) is 11.9 Å². The predicted octanol–water partition coefficient (Wildman–Crippen LogP) is 2.08. The molecule has 0 atom stereocenters. The Morgan fingerprint density at radius 2 is 2.10 bits per heavy atom. The second-order valence-corrected chi connectivity index (χ2v) is 6.56. The van der Waals surface area contributed by atoms with Crippen LogP contribution in [0, 0.1) is 0 Å². The molecule has 0 aliphatic rings. The summed E-state index contributed by atoms with van der Waals surface area (Å²) >= 11 is 3.31. The van der Waals surface area contributed by atoms with Gasteiger partial charge in [-0.25, -0.2) is 0 Å². The van der Waals surface area contributed by atoms with Gasteiger partial charge >= 0.3 is 0 Å². The lowest BCUT2D eigenvalue weighted by Gasteiger charge is -2.09. The molecule has 0 saturated carbocycles. The quantitative estimate of drug-likeness (QED) is 0.737. The van der Waals surface area contributed by atoms with E-state index in [0.29, 0.717) is 22.3 Å². The number of sulfonamides is 1. The lowest BCUT2D eigenvalue weighted by molar-refractivity contribution is 0.594. The van der Waals surface area contributed by atoms with Crippen molar-refractivity contribution in [2.24, 2.45) is 0 Å². The van der Waals surface area contributed by atoms with Crippen molar-refractivity contribution in [2.75, 3.05) is 11.3 Å². The molecule has 1 heterocycles. The number of H-pyrrole nitrogens is 1. The Hall–Kier alpha value is -1.38. The van der Waals surface area contributed by atoms with Crippen LogP contribution in [0.1, 0.15) is 12.5 Å². The monoisotopic (exact) mass is 358 g/mol. The molecule has 3 N–H and O–H groups in total. The first-order valence-electron chi connectivity index (χ1n) is 6.05. The molecule has 0 fully saturated rings. The van der Waals surface area contributed by atoms with Crippen LogP contribution in [-0.4, -0.2) is 25.2 Å². The van der Waals surface area contributed by atoms with Gasteiger partial charge in [-0.2, -0.15) is 13.5 Å². The number of anilines is 1. The van der Waals surface area contributed by atoms with Crippen LogP contribution in [0.3, 0.4) is 0 Å². The van der Waals surface area contributed by atoms with Crippen molar-refractivity contribution in [2.45, 2.75) is 18.5 Å². The Morgan fingerprint density at radius 1 is 1.35 bits per heavy atom. The van der Waals surface area contributed by atoms with Crippen molar-refractivity contribution < 1.29 is 8.42 Å². The van der Waals surface area contributed by atoms with Crippen LogP contribution in [-0.2, 0) is 16.6 Å². The Bertz CT molecular complexity index is 684. The number of nitrogens with one attached hydrogen (secondary N) is 3. The molecule has 2 aromatic rings. The molecule has 8 heteroatoms. The number of rotatable bonds is 6. The van der Waals surface area contributed by atoms with Gasteiger partial charge in [-0.15, -0.1) is 0 Å². The molecule has 0 saturated heterocycles. The fraction of sp³-hybridized carbons (Fsp3) is 0.250. The normalized spacial score (nSPS) is 11.5. The zero-order chi connectivity index (χ0) is 14.6. The standard InChI is InChI=1S/C12H15BrN4O2S/c1-2-14-7-9-8-15-16-12(9)20(18,19)17-11-6-4-3-5-10(11)13/h3-6,8,14,17H,2,7H2,1H3,(H,15,16). The lowest BCUT2D eigenvalue weighted by Crippen LogP contribution is -2.18. The van der Waals surface area contributed by atoms with Gasteiger partial charge in [0.1, 0.15) is 0 Å². The van der Waals surface area contributed by atoms with Crippen LogP contribution in [0.25, 0.3) is 0 Å². The summed E-state index contributed by atoms with van der Waals surface area (Å²) in [6.07, 6.45) is 1.51. The predicted molar refractivity (Wildman–Crippen MR) is 80.9 cm³/mol. The Labute approximate surface area is 126 Å². The highest BCUT2D eigenvalue weighted by Crippen LogP contribution is 2.24. The van der Waals surface area contributed by atoms with Gasteiger partial charge in [0.2, 0.25) is 0 Å². The molecule has 0 amide bonds. The fourth-order valence-corrected chi connectivity index (χ4v) is 3.38. The van der Waals surface area contributed by atoms with E-state index >= 15 is 0 Å². The summed E-state index contributed by atoms with van der Waals surface area (Å²) in [6.45, 7) is 3.15. The molecule has 0 spiro atoms. The van der Waals surface area contributed by atoms with Gasteiger partial charge in [0, 0.05) is 16.6 Å². The average Bonchev–Trinajstić information content (AvgIpc) is 2.88. The van der Waals surface area contributed by atoms with Crippen LogP contribution in [0.15, 0.2) is 40.0 Å². The van der Waals surface area contributed by atoms with Crippen LogP contribution in [0.5, 0.6) is 0 Å². The van der Waals surface area contributed by atoms with Crippen molar-refractivity contribution >= 4 is 31.6 Å². The number of nitrogens with zero attached hydrogens (tertiary/aromatic N) is 1. The first-order chi connectivity index (χ1) is 9.54. The third kappa shape index (κ3) is 3.38. The van der Waals surface area contributed by atoms with Crippen LogP contribution in [0.2, 0.25) is 0 Å². The summed E-state index contributed by atoms with van der Waals surface area (Å²) in [5, 5.41) is 9.50. The van der Waals surface area contributed by atoms with E-state index in [1.165, 1.54) is 6.20 Å². The third-order valence-electron chi connectivity index (χ3n) is 2.63. The van der Waals surface area contributed by atoms with E-state index in [1.807, 2.05) is 13.0 Å². The van der Waals surface area contributed by atoms with Crippen LogP contribution >= 0.6 is 15.9 Å². The zero-order valence-electron chi connectivity index (χ0n) is 10.9. The van der Waals surface area contributed by atoms with Gasteiger partial charge < -0.3 is 5.32 Å². The zero-order valence-corrected chi connectivity index (χ0v) is 13.3. The van der Waals surface area contributed by atoms with Crippen molar-refractivity contribution in [3.63, 3.8) is 0 Å². The molecule has 108 valence electrons. The minimum Gasteiger partial charge on any atom is -0.313 e. The summed E-state index contributed by atoms with van der Waals surface area (Å²) in [7, 11) is -3.69. The average molecular weight is 359 g/mol. The maximum absolute atomic E-state index is 12.4. The van der Waals surface area contributed by atoms with Crippen molar-refractivity contribution in [1.82, 2.24) is 15.5 Å². The lowest BCUT2D eigenvalue weighted by atomic mass is 10.3. The second-order valence-electron chi connectivity index (χ2n) is 4.09. The van der Waals surface area contributed by atoms with Gasteiger partial charge in [-0.05, 0) is 34.6 Å². The molecule has 6 nitrogen and oxygen atoms in total. The Morgan fingerprint density at radius 3 is 2.80 bits per heavy atom. The smallest absolute Gasteiger partial charge is 0.279 e. The Balaban J connectivity index is 2.27. The van der Waals surface area contributed by atoms with E-state index in [2.05, 4.69) is 36.2 Å². The molecule has 2 rings (SSSR count). The summed E-state index contributed by atoms with van der Waals surface area (Å²) in [5.41, 5.74) is 1.09. The first-order valence-corrected chi connectivity index (χ1v) is 8.32. The van der Waals surface area contributed by atoms with Crippen molar-refractivity contribution in [3.05, 3.63) is 40.5 Å². The number of hydrogen-bond donors (Lipinski definition) is 3. The highest BCUT2D eigenvalue weighted by atomic mass is 79.9. The van der Waals surface area contributed by atoms with Crippen molar-refractivity contribution in [1.29, 1.82) is 0 Å². The van der Waals surface area contributed by atoms with Gasteiger partial charge in [0.25, 0.3) is 10.0 Å². The van der Waals surface area contributed by atoms with E-state index in [0.717, 1.165) is 6.54 Å². The highest BCUT2D eigenvalue weighted by Gasteiger charge is 2.21. The van der Waals surface area contributed by atoms with E-state index in [1.54, 1.807) is 18.2 Å². The fourth-order valence-electron chi connectivity index (χ4n) is 1.66. The number of benzene rings is 1. The van der Waals surface area contributed by atoms with E-state index < -0.39 is 10.0 Å². The third-order valence-corrected chi connectivity index (χ3v) is 4.70. The molecule has 0 bridgehead atoms. The molecule has 0 unspecified atom stereocenters. The van der Waals surface area contributed by atoms with E-state index in [9.17, 15) is 8.42 Å². The van der Waals surface area contributed by atoms with Gasteiger partial charge in [0.15, 0.2) is 5.03 Å². The molecule has 20 heavy (non-hydrogen) atoms. The molecular formula is C12H15BrN4O2S. The van der Waals surface area contributed by atoms with Crippen molar-refractivity contribution in [3.8, 4) is 0 Å². The topological polar surface area (TPSA) is 86.9 Å². The number of aromatic amines is 1. The molecule has 0 radical (unpaired) electrons. The van der Waals surface area contributed by atoms with E-state index in [4.69, 9.17) is 0 Å². The van der Waals surface area contributed by atoms with Crippen LogP contribution < -0.4 is 10.0 Å². The van der Waals surface area contributed by atoms with Gasteiger partial charge in [-0.3, -0.25) is 9.82 Å². The second kappa shape index (κ2) is 6.38. The summed E-state index contributed by atoms with van der Waals surface area (Å²) in [6, 6.07) is 7.02. The highest BCUT2D eigenvalue weighted by molar-refractivity contribution is 9.10. The molecule has 1 aromatic carbocycles. The number of aromatic nitrogens is 2. The summed E-state index contributed by atoms with van der Waals surface area (Å²) in [4.78, 5) is 0. The molecule has 1 aromatic heterocycles. The minimum atomic E-state index is -3.69. The first kappa shape index (κ1) is 15.0.